The first-order valence-corrected chi connectivity index (χ1v) is 10.3. The first-order valence-electron chi connectivity index (χ1n) is 8.81. The third kappa shape index (κ3) is 4.24. The van der Waals surface area contributed by atoms with Crippen molar-refractivity contribution in [1.82, 2.24) is 0 Å². The van der Waals surface area contributed by atoms with Crippen molar-refractivity contribution in [1.29, 1.82) is 5.26 Å². The molecule has 0 unspecified atom stereocenters. The van der Waals surface area contributed by atoms with Crippen molar-refractivity contribution in [3.63, 3.8) is 0 Å². The maximum atomic E-state index is 12.7. The molecule has 0 saturated heterocycles. The first-order chi connectivity index (χ1) is 14.2. The number of non-ortho nitro benzene ring substituents is 1. The van der Waals surface area contributed by atoms with Gasteiger partial charge in [-0.1, -0.05) is 12.1 Å². The number of hydrogen-bond acceptors (Lipinski definition) is 7. The number of nitro benzene ring substituents is 1. The van der Waals surface area contributed by atoms with Crippen molar-refractivity contribution in [2.75, 3.05) is 17.7 Å². The average Bonchev–Trinajstić information content (AvgIpc) is 2.74. The highest BCUT2D eigenvalue weighted by molar-refractivity contribution is 7.91. The SMILES string of the molecule is CN(Cc1ccc(S(=O)(=O)c2ccc([N+](=O)[O-])cc2)cc1)c1ccc(N)c(C#N)c1. The van der Waals surface area contributed by atoms with E-state index in [2.05, 4.69) is 0 Å². The Bertz CT molecular complexity index is 1230. The van der Waals surface area contributed by atoms with Gasteiger partial charge in [0.2, 0.25) is 9.84 Å². The zero-order valence-electron chi connectivity index (χ0n) is 16.0. The third-order valence-electron chi connectivity index (χ3n) is 4.61. The highest BCUT2D eigenvalue weighted by Gasteiger charge is 2.19. The fourth-order valence-electron chi connectivity index (χ4n) is 2.90. The van der Waals surface area contributed by atoms with Gasteiger partial charge in [-0.05, 0) is 48.0 Å². The van der Waals surface area contributed by atoms with Gasteiger partial charge in [-0.15, -0.1) is 0 Å². The summed E-state index contributed by atoms with van der Waals surface area (Å²) in [6, 6.07) is 18.4. The van der Waals surface area contributed by atoms with Crippen LogP contribution < -0.4 is 10.6 Å². The fourth-order valence-corrected chi connectivity index (χ4v) is 4.16. The summed E-state index contributed by atoms with van der Waals surface area (Å²) >= 11 is 0. The number of nitriles is 1. The molecule has 0 aliphatic carbocycles. The van der Waals surface area contributed by atoms with E-state index >= 15 is 0 Å². The molecule has 0 radical (unpaired) electrons. The number of benzene rings is 3. The molecule has 152 valence electrons. The maximum Gasteiger partial charge on any atom is 0.269 e. The lowest BCUT2D eigenvalue weighted by atomic mass is 10.1. The number of hydrogen-bond donors (Lipinski definition) is 1. The van der Waals surface area contributed by atoms with Gasteiger partial charge < -0.3 is 10.6 Å². The minimum Gasteiger partial charge on any atom is -0.398 e. The average molecular weight is 422 g/mol. The number of nitrogens with two attached hydrogens (primary N) is 1. The van der Waals surface area contributed by atoms with E-state index in [0.29, 0.717) is 17.8 Å². The number of rotatable bonds is 6. The van der Waals surface area contributed by atoms with Crippen LogP contribution in [-0.2, 0) is 16.4 Å². The minimum atomic E-state index is -3.78. The molecule has 0 amide bonds. The van der Waals surface area contributed by atoms with Gasteiger partial charge in [0.15, 0.2) is 0 Å². The van der Waals surface area contributed by atoms with Gasteiger partial charge in [-0.3, -0.25) is 10.1 Å². The second-order valence-electron chi connectivity index (χ2n) is 6.64. The van der Waals surface area contributed by atoms with Crippen LogP contribution in [0.25, 0.3) is 0 Å². The van der Waals surface area contributed by atoms with Gasteiger partial charge in [0.1, 0.15) is 6.07 Å². The third-order valence-corrected chi connectivity index (χ3v) is 6.39. The number of anilines is 2. The quantitative estimate of drug-likeness (QED) is 0.365. The Hall–Kier alpha value is -3.90. The van der Waals surface area contributed by atoms with Crippen molar-refractivity contribution >= 4 is 26.9 Å². The first kappa shape index (κ1) is 20.8. The zero-order valence-corrected chi connectivity index (χ0v) is 16.8. The van der Waals surface area contributed by atoms with Crippen LogP contribution in [0.5, 0.6) is 0 Å². The number of nitrogen functional groups attached to an aromatic ring is 1. The zero-order chi connectivity index (χ0) is 21.9. The Morgan fingerprint density at radius 3 is 2.13 bits per heavy atom. The lowest BCUT2D eigenvalue weighted by Crippen LogP contribution is -2.16. The summed E-state index contributed by atoms with van der Waals surface area (Å²) in [7, 11) is -1.92. The molecule has 3 aromatic carbocycles. The van der Waals surface area contributed by atoms with E-state index in [-0.39, 0.29) is 15.5 Å². The van der Waals surface area contributed by atoms with E-state index < -0.39 is 14.8 Å². The van der Waals surface area contributed by atoms with E-state index in [9.17, 15) is 18.5 Å². The lowest BCUT2D eigenvalue weighted by molar-refractivity contribution is -0.384. The minimum absolute atomic E-state index is 0.0103. The van der Waals surface area contributed by atoms with Crippen LogP contribution >= 0.6 is 0 Å². The van der Waals surface area contributed by atoms with Crippen LogP contribution in [0.3, 0.4) is 0 Å². The Labute approximate surface area is 173 Å². The highest BCUT2D eigenvalue weighted by Crippen LogP contribution is 2.25. The topological polar surface area (TPSA) is 130 Å². The van der Waals surface area contributed by atoms with Crippen molar-refractivity contribution < 1.29 is 13.3 Å². The number of sulfone groups is 1. The molecule has 3 aromatic rings. The Morgan fingerprint density at radius 2 is 1.60 bits per heavy atom. The molecule has 0 bridgehead atoms. The summed E-state index contributed by atoms with van der Waals surface area (Å²) in [6.45, 7) is 0.493. The predicted molar refractivity (Wildman–Crippen MR) is 113 cm³/mol. The molecule has 0 saturated carbocycles. The molecule has 9 heteroatoms. The van der Waals surface area contributed by atoms with Crippen LogP contribution in [0, 0.1) is 21.4 Å². The van der Waals surface area contributed by atoms with Gasteiger partial charge >= 0.3 is 0 Å². The lowest BCUT2D eigenvalue weighted by Gasteiger charge is -2.20. The predicted octanol–water partition coefficient (Wildman–Crippen LogP) is 3.52. The fraction of sp³-hybridized carbons (Fsp3) is 0.0952. The summed E-state index contributed by atoms with van der Waals surface area (Å²) in [5.41, 5.74) is 8.06. The van der Waals surface area contributed by atoms with Gasteiger partial charge in [-0.25, -0.2) is 8.42 Å². The van der Waals surface area contributed by atoms with Gasteiger partial charge in [0.05, 0.1) is 20.3 Å². The Morgan fingerprint density at radius 1 is 1.03 bits per heavy atom. The van der Waals surface area contributed by atoms with Gasteiger partial charge in [-0.2, -0.15) is 5.26 Å². The van der Waals surface area contributed by atoms with Crippen LogP contribution in [0.4, 0.5) is 17.1 Å². The summed E-state index contributed by atoms with van der Waals surface area (Å²) in [5.74, 6) is 0. The molecule has 0 heterocycles. The molecular formula is C21H18N4O4S. The molecule has 0 atom stereocenters. The standard InChI is InChI=1S/C21H18N4O4S/c1-24(18-6-11-21(23)16(12-18)13-22)14-15-2-7-19(8-3-15)30(28,29)20-9-4-17(5-10-20)25(26)27/h2-12H,14,23H2,1H3. The van der Waals surface area contributed by atoms with Gasteiger partial charge in [0.25, 0.3) is 5.69 Å². The van der Waals surface area contributed by atoms with E-state index in [1.807, 2.05) is 24.1 Å². The van der Waals surface area contributed by atoms with Crippen LogP contribution in [-0.4, -0.2) is 20.4 Å². The Balaban J connectivity index is 1.79. The summed E-state index contributed by atoms with van der Waals surface area (Å²) in [4.78, 5) is 12.2. The molecule has 2 N–H and O–H groups in total. The molecular weight excluding hydrogens is 404 g/mol. The molecule has 0 spiro atoms. The molecule has 3 rings (SSSR count). The molecule has 0 aliphatic heterocycles. The molecule has 0 aliphatic rings. The normalized spacial score (nSPS) is 10.9. The largest absolute Gasteiger partial charge is 0.398 e. The van der Waals surface area contributed by atoms with E-state index in [1.54, 1.807) is 24.3 Å². The second-order valence-corrected chi connectivity index (χ2v) is 8.59. The van der Waals surface area contributed by atoms with E-state index in [1.165, 1.54) is 36.4 Å². The van der Waals surface area contributed by atoms with Crippen molar-refractivity contribution in [2.45, 2.75) is 16.3 Å². The van der Waals surface area contributed by atoms with E-state index in [0.717, 1.165) is 11.3 Å². The second kappa shape index (κ2) is 8.23. The van der Waals surface area contributed by atoms with Crippen molar-refractivity contribution in [3.8, 4) is 6.07 Å². The van der Waals surface area contributed by atoms with Crippen LogP contribution in [0.2, 0.25) is 0 Å². The highest BCUT2D eigenvalue weighted by atomic mass is 32.2. The Kier molecular flexibility index (Phi) is 5.71. The van der Waals surface area contributed by atoms with Crippen molar-refractivity contribution in [3.05, 3.63) is 88.0 Å². The molecule has 0 aromatic heterocycles. The molecule has 30 heavy (non-hydrogen) atoms. The summed E-state index contributed by atoms with van der Waals surface area (Å²) in [6.07, 6.45) is 0. The molecule has 8 nitrogen and oxygen atoms in total. The summed E-state index contributed by atoms with van der Waals surface area (Å²) in [5, 5.41) is 19.9. The smallest absolute Gasteiger partial charge is 0.269 e. The van der Waals surface area contributed by atoms with Crippen LogP contribution in [0.15, 0.2) is 76.5 Å². The maximum absolute atomic E-state index is 12.7. The van der Waals surface area contributed by atoms with Crippen molar-refractivity contribution in [2.24, 2.45) is 0 Å². The van der Waals surface area contributed by atoms with Crippen LogP contribution in [0.1, 0.15) is 11.1 Å². The summed E-state index contributed by atoms with van der Waals surface area (Å²) < 4.78 is 25.5. The number of nitrogens with zero attached hydrogens (tertiary/aromatic N) is 3. The molecule has 0 fully saturated rings. The number of nitro groups is 1. The monoisotopic (exact) mass is 422 g/mol. The van der Waals surface area contributed by atoms with Gasteiger partial charge in [0, 0.05) is 37.1 Å². The van der Waals surface area contributed by atoms with E-state index in [4.69, 9.17) is 11.0 Å².